The Kier molecular flexibility index (Phi) is 7.30. The summed E-state index contributed by atoms with van der Waals surface area (Å²) in [7, 11) is 1.26. The van der Waals surface area contributed by atoms with Crippen LogP contribution in [0, 0.1) is 11.6 Å². The normalized spacial score (nSPS) is 11.8. The lowest BCUT2D eigenvalue weighted by Gasteiger charge is -2.15. The molecular formula is C25H24F2N6O4. The molecule has 1 atom stereocenters. The van der Waals surface area contributed by atoms with Gasteiger partial charge < -0.3 is 26.2 Å². The number of aryl methyl sites for hydroxylation is 1. The molecule has 0 spiro atoms. The topological polar surface area (TPSA) is 144 Å². The number of fused-ring (bicyclic) bond motifs is 1. The van der Waals surface area contributed by atoms with E-state index in [-0.39, 0.29) is 17.9 Å². The van der Waals surface area contributed by atoms with Crippen LogP contribution in [-0.4, -0.2) is 51.0 Å². The molecule has 0 radical (unpaired) electrons. The molecule has 4 aromatic rings. The van der Waals surface area contributed by atoms with Crippen molar-refractivity contribution in [3.05, 3.63) is 71.7 Å². The number of amides is 1. The number of aliphatic carboxylic acids is 1. The van der Waals surface area contributed by atoms with E-state index in [0.717, 1.165) is 0 Å². The van der Waals surface area contributed by atoms with E-state index in [1.54, 1.807) is 28.8 Å². The first kappa shape index (κ1) is 25.5. The minimum absolute atomic E-state index is 0.00345. The van der Waals surface area contributed by atoms with Crippen molar-refractivity contribution in [1.82, 2.24) is 19.7 Å². The lowest BCUT2D eigenvalue weighted by Crippen LogP contribution is -2.45. The second kappa shape index (κ2) is 10.6. The van der Waals surface area contributed by atoms with E-state index in [2.05, 4.69) is 20.6 Å². The number of hydrogen-bond acceptors (Lipinski definition) is 7. The summed E-state index contributed by atoms with van der Waals surface area (Å²) in [6, 6.07) is 6.49. The van der Waals surface area contributed by atoms with Crippen LogP contribution in [0.4, 0.5) is 20.3 Å². The lowest BCUT2D eigenvalue weighted by molar-refractivity contribution is -0.138. The summed E-state index contributed by atoms with van der Waals surface area (Å²) in [6.45, 7) is 1.62. The van der Waals surface area contributed by atoms with Crippen molar-refractivity contribution in [2.24, 2.45) is 5.73 Å². The molecule has 0 aliphatic rings. The Bertz CT molecular complexity index is 1490. The summed E-state index contributed by atoms with van der Waals surface area (Å²) in [5.41, 5.74) is 7.68. The summed E-state index contributed by atoms with van der Waals surface area (Å²) in [5, 5.41) is 14.7. The summed E-state index contributed by atoms with van der Waals surface area (Å²) < 4.78 is 35.4. The number of nitrogens with zero attached hydrogens (tertiary/aromatic N) is 3. The lowest BCUT2D eigenvalue weighted by atomic mass is 10.0. The molecule has 12 heteroatoms. The second-order valence-electron chi connectivity index (χ2n) is 8.01. The molecule has 0 fully saturated rings. The molecule has 192 valence electrons. The molecule has 0 saturated heterocycles. The molecule has 2 aromatic carbocycles. The highest BCUT2D eigenvalue weighted by molar-refractivity contribution is 5.98. The van der Waals surface area contributed by atoms with Crippen molar-refractivity contribution in [2.45, 2.75) is 19.4 Å². The summed E-state index contributed by atoms with van der Waals surface area (Å²) in [4.78, 5) is 32.5. The highest BCUT2D eigenvalue weighted by Gasteiger charge is 2.21. The highest BCUT2D eigenvalue weighted by Crippen LogP contribution is 2.31. The van der Waals surface area contributed by atoms with Gasteiger partial charge in [0.2, 0.25) is 5.82 Å². The number of carboxylic acid groups (broad SMARTS) is 1. The Hall–Kier alpha value is -4.58. The Morgan fingerprint density at radius 2 is 1.97 bits per heavy atom. The number of aromatic nitrogens is 3. The Balaban J connectivity index is 1.65. The molecule has 5 N–H and O–H groups in total. The van der Waals surface area contributed by atoms with Gasteiger partial charge in [0.05, 0.1) is 19.0 Å². The van der Waals surface area contributed by atoms with Crippen molar-refractivity contribution in [2.75, 3.05) is 19.0 Å². The highest BCUT2D eigenvalue weighted by atomic mass is 19.2. The second-order valence-corrected chi connectivity index (χ2v) is 8.01. The van der Waals surface area contributed by atoms with Crippen LogP contribution >= 0.6 is 0 Å². The van der Waals surface area contributed by atoms with Crippen molar-refractivity contribution in [3.63, 3.8) is 0 Å². The van der Waals surface area contributed by atoms with Crippen LogP contribution in [0.2, 0.25) is 0 Å². The van der Waals surface area contributed by atoms with Crippen LogP contribution in [0.3, 0.4) is 0 Å². The fraction of sp³-hybridized carbons (Fsp3) is 0.200. The minimum atomic E-state index is -1.22. The molecule has 1 amide bonds. The van der Waals surface area contributed by atoms with Crippen molar-refractivity contribution in [3.8, 4) is 17.0 Å². The fourth-order valence-corrected chi connectivity index (χ4v) is 3.87. The number of ether oxygens (including phenoxy) is 1. The van der Waals surface area contributed by atoms with Crippen LogP contribution in [-0.2, 0) is 11.2 Å². The number of nitrogens with two attached hydrogens (primary N) is 1. The third kappa shape index (κ3) is 4.91. The van der Waals surface area contributed by atoms with E-state index >= 15 is 0 Å². The number of carbonyl (C=O) groups is 2. The molecule has 0 bridgehead atoms. The van der Waals surface area contributed by atoms with E-state index in [0.29, 0.717) is 40.4 Å². The molecule has 0 aliphatic heterocycles. The maximum absolute atomic E-state index is 14.7. The van der Waals surface area contributed by atoms with Crippen molar-refractivity contribution >= 4 is 29.0 Å². The number of halogens is 2. The van der Waals surface area contributed by atoms with Gasteiger partial charge in [-0.2, -0.15) is 4.39 Å². The van der Waals surface area contributed by atoms with Crippen LogP contribution in [0.15, 0.2) is 48.9 Å². The van der Waals surface area contributed by atoms with Gasteiger partial charge in [-0.25, -0.2) is 19.2 Å². The van der Waals surface area contributed by atoms with Gasteiger partial charge in [0.1, 0.15) is 6.04 Å². The molecule has 0 saturated carbocycles. The predicted octanol–water partition coefficient (Wildman–Crippen LogP) is 3.13. The van der Waals surface area contributed by atoms with Gasteiger partial charge in [0.25, 0.3) is 5.91 Å². The Morgan fingerprint density at radius 3 is 2.65 bits per heavy atom. The van der Waals surface area contributed by atoms with Crippen LogP contribution in [0.1, 0.15) is 22.8 Å². The van der Waals surface area contributed by atoms with Gasteiger partial charge in [-0.15, -0.1) is 0 Å². The van der Waals surface area contributed by atoms with Gasteiger partial charge >= 0.3 is 5.97 Å². The molecular weight excluding hydrogens is 486 g/mol. The molecule has 2 aromatic heterocycles. The first-order chi connectivity index (χ1) is 17.8. The third-order valence-electron chi connectivity index (χ3n) is 5.80. The van der Waals surface area contributed by atoms with E-state index in [4.69, 9.17) is 15.6 Å². The van der Waals surface area contributed by atoms with E-state index in [9.17, 15) is 18.4 Å². The number of rotatable bonds is 9. The van der Waals surface area contributed by atoms with Gasteiger partial charge in [-0.05, 0) is 42.3 Å². The maximum Gasteiger partial charge on any atom is 0.327 e. The summed E-state index contributed by atoms with van der Waals surface area (Å²) in [6.07, 6.45) is 4.96. The zero-order valence-corrected chi connectivity index (χ0v) is 20.0. The average molecular weight is 511 g/mol. The number of carbonyl (C=O) groups excluding carboxylic acids is 1. The molecule has 37 heavy (non-hydrogen) atoms. The average Bonchev–Trinajstić information content (AvgIpc) is 3.33. The monoisotopic (exact) mass is 510 g/mol. The maximum atomic E-state index is 14.7. The summed E-state index contributed by atoms with van der Waals surface area (Å²) in [5.74, 6) is -3.79. The SMILES string of the molecule is CCc1cc(Nc2nccn3c(-c4ccc(OC)c(F)c4F)cnc23)ccc1C(=O)NC(CN)C(=O)O. The number of anilines is 2. The van der Waals surface area contributed by atoms with Crippen molar-refractivity contribution in [1.29, 1.82) is 0 Å². The van der Waals surface area contributed by atoms with Gasteiger partial charge in [-0.1, -0.05) is 6.92 Å². The zero-order chi connectivity index (χ0) is 26.7. The smallest absolute Gasteiger partial charge is 0.327 e. The Labute approximate surface area is 210 Å². The standard InChI is InChI=1S/C25H24F2N6O4/c1-3-13-10-14(4-5-15(13)24(34)32-17(11-28)25(35)36)31-22-23-30-12-18(33(23)9-8-29-22)16-6-7-19(37-2)21(27)20(16)26/h4-10,12,17H,3,11,28H2,1-2H3,(H,29,31)(H,32,34)(H,35,36). The van der Waals surface area contributed by atoms with E-state index in [1.165, 1.54) is 31.6 Å². The number of carboxylic acids is 1. The van der Waals surface area contributed by atoms with Gasteiger partial charge in [0.15, 0.2) is 23.0 Å². The van der Waals surface area contributed by atoms with Crippen LogP contribution in [0.5, 0.6) is 5.75 Å². The van der Waals surface area contributed by atoms with Gasteiger partial charge in [-0.3, -0.25) is 9.20 Å². The first-order valence-corrected chi connectivity index (χ1v) is 11.3. The molecule has 1 unspecified atom stereocenters. The van der Waals surface area contributed by atoms with Crippen LogP contribution < -0.4 is 21.1 Å². The third-order valence-corrected chi connectivity index (χ3v) is 5.80. The van der Waals surface area contributed by atoms with Crippen molar-refractivity contribution < 1.29 is 28.2 Å². The predicted molar refractivity (Wildman–Crippen MR) is 132 cm³/mol. The van der Waals surface area contributed by atoms with E-state index < -0.39 is 29.6 Å². The van der Waals surface area contributed by atoms with Crippen LogP contribution in [0.25, 0.3) is 16.9 Å². The number of imidazole rings is 1. The minimum Gasteiger partial charge on any atom is -0.494 e. The Morgan fingerprint density at radius 1 is 1.19 bits per heavy atom. The van der Waals surface area contributed by atoms with Gasteiger partial charge in [0, 0.05) is 35.8 Å². The molecule has 2 heterocycles. The summed E-state index contributed by atoms with van der Waals surface area (Å²) >= 11 is 0. The number of benzene rings is 2. The molecule has 10 nitrogen and oxygen atoms in total. The number of methoxy groups -OCH3 is 1. The number of nitrogens with one attached hydrogen (secondary N) is 2. The zero-order valence-electron chi connectivity index (χ0n) is 20.0. The fourth-order valence-electron chi connectivity index (χ4n) is 3.87. The quantitative estimate of drug-likeness (QED) is 0.269. The number of hydrogen-bond donors (Lipinski definition) is 4. The molecule has 0 aliphatic carbocycles. The largest absolute Gasteiger partial charge is 0.494 e. The van der Waals surface area contributed by atoms with E-state index in [1.807, 2.05) is 6.92 Å². The molecule has 4 rings (SSSR count). The first-order valence-electron chi connectivity index (χ1n) is 11.3.